The van der Waals surface area contributed by atoms with Crippen LogP contribution in [-0.4, -0.2) is 34.8 Å². The number of nitrogens with zero attached hydrogens (tertiary/aromatic N) is 3. The molecule has 4 nitrogen and oxygen atoms in total. The van der Waals surface area contributed by atoms with Crippen molar-refractivity contribution in [2.24, 2.45) is 5.92 Å². The van der Waals surface area contributed by atoms with Crippen LogP contribution in [0.15, 0.2) is 6.07 Å². The van der Waals surface area contributed by atoms with Gasteiger partial charge in [-0.3, -0.25) is 0 Å². The normalized spacial score (nSPS) is 17.2. The van der Waals surface area contributed by atoms with E-state index in [1.807, 2.05) is 13.8 Å². The second kappa shape index (κ2) is 6.14. The number of aromatic nitrogens is 2. The molecule has 0 bridgehead atoms. The van der Waals surface area contributed by atoms with Crippen LogP contribution in [0.2, 0.25) is 0 Å². The van der Waals surface area contributed by atoms with Crippen molar-refractivity contribution in [2.75, 3.05) is 24.6 Å². The van der Waals surface area contributed by atoms with Gasteiger partial charge in [-0.25, -0.2) is 9.97 Å². The van der Waals surface area contributed by atoms with E-state index in [9.17, 15) is 0 Å². The molecule has 0 aromatic carbocycles. The van der Waals surface area contributed by atoms with Crippen LogP contribution in [0.3, 0.4) is 0 Å². The summed E-state index contributed by atoms with van der Waals surface area (Å²) < 4.78 is 0. The Balaban J connectivity index is 1.92. The third kappa shape index (κ3) is 3.42. The van der Waals surface area contributed by atoms with Gasteiger partial charge < -0.3 is 10.0 Å². The molecule has 18 heavy (non-hydrogen) atoms. The summed E-state index contributed by atoms with van der Waals surface area (Å²) in [6.07, 6.45) is 4.52. The van der Waals surface area contributed by atoms with Crippen molar-refractivity contribution >= 4 is 5.82 Å². The van der Waals surface area contributed by atoms with Gasteiger partial charge in [-0.05, 0) is 45.4 Å². The molecule has 0 saturated carbocycles. The van der Waals surface area contributed by atoms with Crippen molar-refractivity contribution < 1.29 is 5.11 Å². The van der Waals surface area contributed by atoms with E-state index in [1.165, 1.54) is 12.8 Å². The molecule has 0 unspecified atom stereocenters. The highest BCUT2D eigenvalue weighted by atomic mass is 16.2. The highest BCUT2D eigenvalue weighted by Crippen LogP contribution is 2.25. The van der Waals surface area contributed by atoms with E-state index in [1.54, 1.807) is 0 Å². The third-order valence-corrected chi connectivity index (χ3v) is 3.66. The lowest BCUT2D eigenvalue weighted by molar-refractivity contribution is 0.261. The zero-order valence-electron chi connectivity index (χ0n) is 11.4. The molecule has 0 aliphatic carbocycles. The van der Waals surface area contributed by atoms with Gasteiger partial charge in [0, 0.05) is 31.5 Å². The first kappa shape index (κ1) is 13.3. The second-order valence-electron chi connectivity index (χ2n) is 5.21. The SMILES string of the molecule is Cc1cc(N2CCC(CCCO)CC2)nc(C)n1. The predicted molar refractivity (Wildman–Crippen MR) is 72.8 cm³/mol. The Morgan fingerprint density at radius 2 is 2.00 bits per heavy atom. The molecule has 1 aliphatic rings. The molecular formula is C14H23N3O. The van der Waals surface area contributed by atoms with Gasteiger partial charge in [-0.2, -0.15) is 0 Å². The van der Waals surface area contributed by atoms with E-state index in [0.717, 1.165) is 49.2 Å². The van der Waals surface area contributed by atoms with Crippen molar-refractivity contribution in [1.82, 2.24) is 9.97 Å². The van der Waals surface area contributed by atoms with Crippen LogP contribution < -0.4 is 4.90 Å². The van der Waals surface area contributed by atoms with E-state index < -0.39 is 0 Å². The van der Waals surface area contributed by atoms with Crippen molar-refractivity contribution in [3.8, 4) is 0 Å². The van der Waals surface area contributed by atoms with Gasteiger partial charge in [0.05, 0.1) is 0 Å². The van der Waals surface area contributed by atoms with Crippen molar-refractivity contribution in [3.05, 3.63) is 17.6 Å². The topological polar surface area (TPSA) is 49.2 Å². The fourth-order valence-corrected chi connectivity index (χ4v) is 2.69. The molecule has 1 aromatic rings. The van der Waals surface area contributed by atoms with Crippen LogP contribution in [-0.2, 0) is 0 Å². The smallest absolute Gasteiger partial charge is 0.132 e. The fraction of sp³-hybridized carbons (Fsp3) is 0.714. The highest BCUT2D eigenvalue weighted by Gasteiger charge is 2.20. The lowest BCUT2D eigenvalue weighted by Crippen LogP contribution is -2.34. The van der Waals surface area contributed by atoms with Crippen LogP contribution in [0.4, 0.5) is 5.82 Å². The van der Waals surface area contributed by atoms with E-state index in [2.05, 4.69) is 20.9 Å². The summed E-state index contributed by atoms with van der Waals surface area (Å²) in [6, 6.07) is 2.07. The first-order valence-electron chi connectivity index (χ1n) is 6.87. The Hall–Kier alpha value is -1.16. The molecule has 1 saturated heterocycles. The lowest BCUT2D eigenvalue weighted by atomic mass is 9.92. The van der Waals surface area contributed by atoms with Gasteiger partial charge in [0.25, 0.3) is 0 Å². The molecule has 1 aromatic heterocycles. The summed E-state index contributed by atoms with van der Waals surface area (Å²) in [5.74, 6) is 2.70. The quantitative estimate of drug-likeness (QED) is 0.887. The maximum atomic E-state index is 8.86. The summed E-state index contributed by atoms with van der Waals surface area (Å²) in [6.45, 7) is 6.44. The molecule has 2 heterocycles. The van der Waals surface area contributed by atoms with E-state index in [0.29, 0.717) is 6.61 Å². The molecule has 0 amide bonds. The monoisotopic (exact) mass is 249 g/mol. The molecule has 1 aliphatic heterocycles. The fourth-order valence-electron chi connectivity index (χ4n) is 2.69. The highest BCUT2D eigenvalue weighted by molar-refractivity contribution is 5.40. The van der Waals surface area contributed by atoms with E-state index in [4.69, 9.17) is 5.11 Å². The number of rotatable bonds is 4. The molecule has 4 heteroatoms. The standard InChI is InChI=1S/C14H23N3O/c1-11-10-14(16-12(2)15-11)17-7-5-13(6-8-17)4-3-9-18/h10,13,18H,3-9H2,1-2H3. The van der Waals surface area contributed by atoms with Gasteiger partial charge in [0.1, 0.15) is 11.6 Å². The Kier molecular flexibility index (Phi) is 4.53. The van der Waals surface area contributed by atoms with Gasteiger partial charge in [0.15, 0.2) is 0 Å². The Morgan fingerprint density at radius 1 is 1.28 bits per heavy atom. The van der Waals surface area contributed by atoms with Gasteiger partial charge >= 0.3 is 0 Å². The molecule has 100 valence electrons. The number of aliphatic hydroxyl groups is 1. The predicted octanol–water partition coefficient (Wildman–Crippen LogP) is 2.08. The average Bonchev–Trinajstić information content (AvgIpc) is 2.36. The molecule has 0 spiro atoms. The maximum Gasteiger partial charge on any atom is 0.132 e. The minimum atomic E-state index is 0.324. The summed E-state index contributed by atoms with van der Waals surface area (Å²) in [5.41, 5.74) is 1.04. The molecule has 0 atom stereocenters. The minimum absolute atomic E-state index is 0.324. The summed E-state index contributed by atoms with van der Waals surface area (Å²) in [7, 11) is 0. The first-order chi connectivity index (χ1) is 8.69. The molecule has 1 fully saturated rings. The maximum absolute atomic E-state index is 8.86. The van der Waals surface area contributed by atoms with Crippen molar-refractivity contribution in [2.45, 2.75) is 39.5 Å². The summed E-state index contributed by atoms with van der Waals surface area (Å²) in [5, 5.41) is 8.86. The van der Waals surface area contributed by atoms with Crippen molar-refractivity contribution in [3.63, 3.8) is 0 Å². The third-order valence-electron chi connectivity index (χ3n) is 3.66. The zero-order valence-corrected chi connectivity index (χ0v) is 11.4. The van der Waals surface area contributed by atoms with Crippen LogP contribution in [0.5, 0.6) is 0 Å². The van der Waals surface area contributed by atoms with E-state index in [-0.39, 0.29) is 0 Å². The number of hydrogen-bond acceptors (Lipinski definition) is 4. The van der Waals surface area contributed by atoms with Crippen molar-refractivity contribution in [1.29, 1.82) is 0 Å². The number of aryl methyl sites for hydroxylation is 2. The minimum Gasteiger partial charge on any atom is -0.396 e. The largest absolute Gasteiger partial charge is 0.396 e. The molecular weight excluding hydrogens is 226 g/mol. The summed E-state index contributed by atoms with van der Waals surface area (Å²) >= 11 is 0. The number of piperidine rings is 1. The molecule has 1 N–H and O–H groups in total. The number of anilines is 1. The molecule has 2 rings (SSSR count). The van der Waals surface area contributed by atoms with Gasteiger partial charge in [-0.1, -0.05) is 0 Å². The zero-order chi connectivity index (χ0) is 13.0. The van der Waals surface area contributed by atoms with Crippen LogP contribution >= 0.6 is 0 Å². The van der Waals surface area contributed by atoms with Crippen LogP contribution in [0, 0.1) is 19.8 Å². The number of aliphatic hydroxyl groups excluding tert-OH is 1. The second-order valence-corrected chi connectivity index (χ2v) is 5.21. The summed E-state index contributed by atoms with van der Waals surface area (Å²) in [4.78, 5) is 11.2. The molecule has 0 radical (unpaired) electrons. The van der Waals surface area contributed by atoms with Gasteiger partial charge in [-0.15, -0.1) is 0 Å². The van der Waals surface area contributed by atoms with E-state index >= 15 is 0 Å². The Morgan fingerprint density at radius 3 is 2.61 bits per heavy atom. The Bertz CT molecular complexity index is 366. The number of hydrogen-bond donors (Lipinski definition) is 1. The van der Waals surface area contributed by atoms with Crippen LogP contribution in [0.25, 0.3) is 0 Å². The van der Waals surface area contributed by atoms with Gasteiger partial charge in [0.2, 0.25) is 0 Å². The lowest BCUT2D eigenvalue weighted by Gasteiger charge is -2.33. The average molecular weight is 249 g/mol. The van der Waals surface area contributed by atoms with Crippen LogP contribution in [0.1, 0.15) is 37.2 Å². The first-order valence-corrected chi connectivity index (χ1v) is 6.87. The Labute approximate surface area is 109 Å².